The van der Waals surface area contributed by atoms with Gasteiger partial charge in [-0.25, -0.2) is 5.10 Å². The lowest BCUT2D eigenvalue weighted by Gasteiger charge is -2.31. The van der Waals surface area contributed by atoms with E-state index in [9.17, 15) is 0 Å². The van der Waals surface area contributed by atoms with Gasteiger partial charge >= 0.3 is 0 Å². The van der Waals surface area contributed by atoms with Gasteiger partial charge in [0.25, 0.3) is 5.95 Å². The van der Waals surface area contributed by atoms with Crippen LogP contribution in [-0.2, 0) is 6.42 Å². The van der Waals surface area contributed by atoms with Crippen molar-refractivity contribution in [3.63, 3.8) is 0 Å². The number of aromatic amines is 1. The molecule has 1 aliphatic heterocycles. The lowest BCUT2D eigenvalue weighted by atomic mass is 10.0. The zero-order valence-corrected chi connectivity index (χ0v) is 9.38. The molecule has 3 heterocycles. The minimum atomic E-state index is 0.392. The van der Waals surface area contributed by atoms with Crippen LogP contribution in [0.1, 0.15) is 24.2 Å². The molecule has 1 aliphatic rings. The summed E-state index contributed by atoms with van der Waals surface area (Å²) in [4.78, 5) is 2.34. The molecular weight excluding hydrogens is 204 g/mol. The fraction of sp³-hybridized carbons (Fsp3) is 0.500. The number of fused-ring (bicyclic) bond motifs is 1. The molecule has 1 atom stereocenters. The van der Waals surface area contributed by atoms with E-state index in [1.807, 2.05) is 10.8 Å². The normalized spacial score (nSPS) is 21.0. The number of tetrazole rings is 1. The molecule has 0 radical (unpaired) electrons. The van der Waals surface area contributed by atoms with E-state index in [4.69, 9.17) is 0 Å². The van der Waals surface area contributed by atoms with Crippen LogP contribution in [0.4, 0.5) is 0 Å². The summed E-state index contributed by atoms with van der Waals surface area (Å²) in [6.07, 6.45) is 3.12. The first kappa shape index (κ1) is 9.53. The Balaban J connectivity index is 2.12. The summed E-state index contributed by atoms with van der Waals surface area (Å²) in [5, 5.41) is 14.0. The lowest BCUT2D eigenvalue weighted by Crippen LogP contribution is -2.31. The van der Waals surface area contributed by atoms with E-state index in [-0.39, 0.29) is 0 Å². The predicted octanol–water partition coefficient (Wildman–Crippen LogP) is 0.539. The second-order valence-corrected chi connectivity index (χ2v) is 4.23. The lowest BCUT2D eigenvalue weighted by molar-refractivity contribution is 0.240. The van der Waals surface area contributed by atoms with Crippen LogP contribution in [0.2, 0.25) is 0 Å². The van der Waals surface area contributed by atoms with Crippen LogP contribution in [0.3, 0.4) is 0 Å². The van der Waals surface area contributed by atoms with E-state index in [1.54, 1.807) is 0 Å². The largest absolute Gasteiger partial charge is 0.298 e. The maximum Gasteiger partial charge on any atom is 0.251 e. The minimum Gasteiger partial charge on any atom is -0.298 e. The van der Waals surface area contributed by atoms with Crippen molar-refractivity contribution < 1.29 is 0 Å². The highest BCUT2D eigenvalue weighted by molar-refractivity contribution is 5.32. The average Bonchev–Trinajstić information content (AvgIpc) is 2.91. The molecule has 1 unspecified atom stereocenters. The van der Waals surface area contributed by atoms with Crippen molar-refractivity contribution in [3.05, 3.63) is 23.5 Å². The second kappa shape index (κ2) is 3.41. The number of hydrogen-bond donors (Lipinski definition) is 1. The van der Waals surface area contributed by atoms with Gasteiger partial charge in [-0.1, -0.05) is 5.10 Å². The zero-order valence-electron chi connectivity index (χ0n) is 9.38. The summed E-state index contributed by atoms with van der Waals surface area (Å²) in [6.45, 7) is 3.31. The van der Waals surface area contributed by atoms with E-state index in [0.717, 1.165) is 13.0 Å². The van der Waals surface area contributed by atoms with Gasteiger partial charge in [0.2, 0.25) is 0 Å². The number of nitrogens with one attached hydrogen (secondary N) is 1. The fourth-order valence-corrected chi connectivity index (χ4v) is 2.31. The Labute approximate surface area is 93.3 Å². The van der Waals surface area contributed by atoms with Gasteiger partial charge in [-0.15, -0.1) is 0 Å². The first-order valence-electron chi connectivity index (χ1n) is 5.42. The summed E-state index contributed by atoms with van der Waals surface area (Å²) in [5.74, 6) is 0.684. The smallest absolute Gasteiger partial charge is 0.251 e. The van der Waals surface area contributed by atoms with Gasteiger partial charge in [-0.05, 0) is 42.4 Å². The van der Waals surface area contributed by atoms with Crippen LogP contribution < -0.4 is 0 Å². The molecule has 2 aromatic rings. The predicted molar refractivity (Wildman–Crippen MR) is 58.3 cm³/mol. The van der Waals surface area contributed by atoms with E-state index < -0.39 is 0 Å². The van der Waals surface area contributed by atoms with Gasteiger partial charge in [0, 0.05) is 24.5 Å². The van der Waals surface area contributed by atoms with Crippen LogP contribution in [0.25, 0.3) is 5.95 Å². The molecule has 0 saturated carbocycles. The summed E-state index contributed by atoms with van der Waals surface area (Å²) in [5.41, 5.74) is 2.68. The van der Waals surface area contributed by atoms with E-state index in [0.29, 0.717) is 12.0 Å². The summed E-state index contributed by atoms with van der Waals surface area (Å²) < 4.78 is 2.04. The molecule has 3 rings (SSSR count). The fourth-order valence-electron chi connectivity index (χ4n) is 2.31. The van der Waals surface area contributed by atoms with E-state index in [1.165, 1.54) is 11.3 Å². The molecule has 6 heteroatoms. The molecule has 2 aromatic heterocycles. The topological polar surface area (TPSA) is 62.6 Å². The first-order valence-corrected chi connectivity index (χ1v) is 5.42. The Bertz CT molecular complexity index is 485. The molecule has 1 N–H and O–H groups in total. The monoisotopic (exact) mass is 218 g/mol. The van der Waals surface area contributed by atoms with Gasteiger partial charge in [0.15, 0.2) is 0 Å². The third kappa shape index (κ3) is 1.26. The number of H-pyrrole nitrogens is 1. The number of hydrogen-bond acceptors (Lipinski definition) is 4. The third-order valence-corrected chi connectivity index (χ3v) is 3.37. The van der Waals surface area contributed by atoms with Gasteiger partial charge in [0.1, 0.15) is 0 Å². The molecule has 6 nitrogen and oxygen atoms in total. The third-order valence-electron chi connectivity index (χ3n) is 3.37. The van der Waals surface area contributed by atoms with Gasteiger partial charge in [-0.3, -0.25) is 9.47 Å². The summed E-state index contributed by atoms with van der Waals surface area (Å²) in [7, 11) is 2.14. The zero-order chi connectivity index (χ0) is 11.1. The number of rotatable bonds is 1. The standard InChI is InChI=1S/C10H14N6/c1-7-9-8(3-5-15(7)2)4-6-16(9)10-11-13-14-12-10/h4,6-7H,3,5H2,1-2H3,(H,11,12,13,14). The summed E-state index contributed by atoms with van der Waals surface area (Å²) in [6, 6.07) is 2.55. The molecule has 0 amide bonds. The molecule has 84 valence electrons. The van der Waals surface area contributed by atoms with Crippen LogP contribution in [0, 0.1) is 0 Å². The number of nitrogens with zero attached hydrogens (tertiary/aromatic N) is 5. The van der Waals surface area contributed by atoms with Crippen molar-refractivity contribution in [2.75, 3.05) is 13.6 Å². The average molecular weight is 218 g/mol. The Kier molecular flexibility index (Phi) is 2.03. The van der Waals surface area contributed by atoms with Crippen molar-refractivity contribution in [1.82, 2.24) is 30.1 Å². The van der Waals surface area contributed by atoms with E-state index >= 15 is 0 Å². The molecule has 0 spiro atoms. The van der Waals surface area contributed by atoms with Crippen LogP contribution in [-0.4, -0.2) is 43.7 Å². The maximum atomic E-state index is 3.95. The van der Waals surface area contributed by atoms with Crippen molar-refractivity contribution in [1.29, 1.82) is 0 Å². The van der Waals surface area contributed by atoms with Crippen molar-refractivity contribution >= 4 is 0 Å². The molecule has 0 aromatic carbocycles. The summed E-state index contributed by atoms with van der Waals surface area (Å²) >= 11 is 0. The Hall–Kier alpha value is -1.69. The molecule has 0 fully saturated rings. The molecule has 0 bridgehead atoms. The van der Waals surface area contributed by atoms with Crippen molar-refractivity contribution in [3.8, 4) is 5.95 Å². The maximum absolute atomic E-state index is 3.95. The highest BCUT2D eigenvalue weighted by Gasteiger charge is 2.25. The molecule has 0 saturated heterocycles. The number of aromatic nitrogens is 5. The van der Waals surface area contributed by atoms with Gasteiger partial charge in [-0.2, -0.15) is 0 Å². The second-order valence-electron chi connectivity index (χ2n) is 4.23. The molecule has 16 heavy (non-hydrogen) atoms. The first-order chi connectivity index (χ1) is 7.77. The van der Waals surface area contributed by atoms with Crippen LogP contribution in [0.15, 0.2) is 12.3 Å². The Morgan fingerprint density at radius 2 is 2.38 bits per heavy atom. The van der Waals surface area contributed by atoms with Gasteiger partial charge in [0.05, 0.1) is 0 Å². The minimum absolute atomic E-state index is 0.392. The highest BCUT2D eigenvalue weighted by atomic mass is 15.5. The van der Waals surface area contributed by atoms with Crippen molar-refractivity contribution in [2.45, 2.75) is 19.4 Å². The van der Waals surface area contributed by atoms with Crippen LogP contribution >= 0.6 is 0 Å². The Morgan fingerprint density at radius 1 is 1.50 bits per heavy atom. The van der Waals surface area contributed by atoms with E-state index in [2.05, 4.69) is 45.6 Å². The quantitative estimate of drug-likeness (QED) is 0.758. The number of likely N-dealkylation sites (N-methyl/N-ethyl adjacent to an activating group) is 1. The van der Waals surface area contributed by atoms with Gasteiger partial charge < -0.3 is 0 Å². The Morgan fingerprint density at radius 3 is 3.12 bits per heavy atom. The van der Waals surface area contributed by atoms with Crippen LogP contribution in [0.5, 0.6) is 0 Å². The van der Waals surface area contributed by atoms with Crippen molar-refractivity contribution in [2.24, 2.45) is 0 Å². The molecule has 0 aliphatic carbocycles. The SMILES string of the molecule is CC1c2c(ccn2-c2nnn[nH]2)CCN1C. The molecular formula is C10H14N6. The highest BCUT2D eigenvalue weighted by Crippen LogP contribution is 2.29.